The van der Waals surface area contributed by atoms with Gasteiger partial charge in [0.25, 0.3) is 0 Å². The Morgan fingerprint density at radius 1 is 1.60 bits per heavy atom. The molecule has 0 spiro atoms. The van der Waals surface area contributed by atoms with Crippen LogP contribution < -0.4 is 0 Å². The van der Waals surface area contributed by atoms with E-state index in [1.165, 1.54) is 7.11 Å². The van der Waals surface area contributed by atoms with Crippen LogP contribution in [0.25, 0.3) is 0 Å². The molecule has 1 rings (SSSR count). The van der Waals surface area contributed by atoms with Gasteiger partial charge in [-0.1, -0.05) is 19.1 Å². The lowest BCUT2D eigenvalue weighted by molar-refractivity contribution is -0.154. The predicted molar refractivity (Wildman–Crippen MR) is 58.4 cm³/mol. The second-order valence-corrected chi connectivity index (χ2v) is 4.20. The summed E-state index contributed by atoms with van der Waals surface area (Å²) in [7, 11) is 1.44. The van der Waals surface area contributed by atoms with Crippen molar-refractivity contribution in [3.8, 4) is 0 Å². The highest BCUT2D eigenvalue weighted by atomic mass is 16.5. The molecule has 1 aliphatic carbocycles. The van der Waals surface area contributed by atoms with E-state index in [-0.39, 0.29) is 11.4 Å². The normalized spacial score (nSPS) is 33.9. The van der Waals surface area contributed by atoms with Gasteiger partial charge >= 0.3 is 5.97 Å². The first-order valence-corrected chi connectivity index (χ1v) is 5.58. The van der Waals surface area contributed by atoms with Crippen molar-refractivity contribution in [3.63, 3.8) is 0 Å². The largest absolute Gasteiger partial charge is 0.469 e. The molecule has 2 atom stereocenters. The highest BCUT2D eigenvalue weighted by Crippen LogP contribution is 2.36. The second kappa shape index (κ2) is 5.31. The maximum Gasteiger partial charge on any atom is 0.311 e. The van der Waals surface area contributed by atoms with E-state index >= 15 is 0 Å². The fourth-order valence-electron chi connectivity index (χ4n) is 2.18. The lowest BCUT2D eigenvalue weighted by atomic mass is 9.75. The van der Waals surface area contributed by atoms with E-state index in [1.807, 2.05) is 19.1 Å². The third-order valence-electron chi connectivity index (χ3n) is 3.36. The van der Waals surface area contributed by atoms with Gasteiger partial charge in [-0.05, 0) is 32.1 Å². The second-order valence-electron chi connectivity index (χ2n) is 4.20. The van der Waals surface area contributed by atoms with Crippen molar-refractivity contribution in [1.82, 2.24) is 0 Å². The molecule has 1 N–H and O–H groups in total. The number of carbonyl (C=O) groups excluding carboxylic acids is 1. The van der Waals surface area contributed by atoms with Crippen LogP contribution in [0.15, 0.2) is 12.2 Å². The van der Waals surface area contributed by atoms with E-state index in [9.17, 15) is 9.90 Å². The summed E-state index contributed by atoms with van der Waals surface area (Å²) in [6.07, 6.45) is 7.13. The van der Waals surface area contributed by atoms with Gasteiger partial charge in [0.05, 0.1) is 18.6 Å². The Morgan fingerprint density at radius 2 is 2.33 bits per heavy atom. The summed E-state index contributed by atoms with van der Waals surface area (Å²) >= 11 is 0. The van der Waals surface area contributed by atoms with E-state index in [2.05, 4.69) is 0 Å². The first-order valence-electron chi connectivity index (χ1n) is 5.58. The van der Waals surface area contributed by atoms with Gasteiger partial charge in [-0.2, -0.15) is 0 Å². The number of rotatable bonds is 2. The van der Waals surface area contributed by atoms with Gasteiger partial charge in [0.2, 0.25) is 0 Å². The molecular formula is C12H20O3. The van der Waals surface area contributed by atoms with Crippen LogP contribution in [-0.4, -0.2) is 24.3 Å². The zero-order chi connectivity index (χ0) is 11.3. The minimum Gasteiger partial charge on any atom is -0.469 e. The molecule has 0 aromatic carbocycles. The Bertz CT molecular complexity index is 247. The fraction of sp³-hybridized carbons (Fsp3) is 0.750. The number of methoxy groups -OCH3 is 1. The summed E-state index contributed by atoms with van der Waals surface area (Å²) in [6, 6.07) is 0. The monoisotopic (exact) mass is 212 g/mol. The minimum absolute atomic E-state index is 0.132. The van der Waals surface area contributed by atoms with Crippen molar-refractivity contribution >= 4 is 5.97 Å². The molecule has 0 saturated heterocycles. The summed E-state index contributed by atoms with van der Waals surface area (Å²) in [5.74, 6) is -0.132. The molecular weight excluding hydrogens is 192 g/mol. The fourth-order valence-corrected chi connectivity index (χ4v) is 2.18. The molecule has 0 heterocycles. The molecule has 0 radical (unpaired) electrons. The highest BCUT2D eigenvalue weighted by Gasteiger charge is 2.37. The van der Waals surface area contributed by atoms with Crippen molar-refractivity contribution in [2.45, 2.75) is 45.1 Å². The Labute approximate surface area is 91.1 Å². The Morgan fingerprint density at radius 3 is 2.93 bits per heavy atom. The number of hydrogen-bond acceptors (Lipinski definition) is 3. The van der Waals surface area contributed by atoms with Gasteiger partial charge in [-0.15, -0.1) is 0 Å². The minimum atomic E-state index is -0.416. The van der Waals surface area contributed by atoms with Crippen molar-refractivity contribution in [1.29, 1.82) is 0 Å². The van der Waals surface area contributed by atoms with Crippen molar-refractivity contribution in [2.75, 3.05) is 7.11 Å². The van der Waals surface area contributed by atoms with Gasteiger partial charge in [0.1, 0.15) is 0 Å². The topological polar surface area (TPSA) is 46.5 Å². The van der Waals surface area contributed by atoms with E-state index < -0.39 is 6.10 Å². The summed E-state index contributed by atoms with van der Waals surface area (Å²) < 4.78 is 4.87. The van der Waals surface area contributed by atoms with E-state index in [4.69, 9.17) is 4.74 Å². The summed E-state index contributed by atoms with van der Waals surface area (Å²) in [4.78, 5) is 11.8. The zero-order valence-corrected chi connectivity index (χ0v) is 9.53. The first kappa shape index (κ1) is 12.2. The Balaban J connectivity index is 2.79. The molecule has 0 fully saturated rings. The van der Waals surface area contributed by atoms with E-state index in [0.717, 1.165) is 19.3 Å². The number of allylic oxidation sites excluding steroid dienone is 1. The van der Waals surface area contributed by atoms with Crippen LogP contribution in [0.4, 0.5) is 0 Å². The number of aliphatic hydroxyl groups excluding tert-OH is 1. The van der Waals surface area contributed by atoms with Crippen molar-refractivity contribution < 1.29 is 14.6 Å². The third kappa shape index (κ3) is 2.81. The van der Waals surface area contributed by atoms with Crippen LogP contribution in [-0.2, 0) is 9.53 Å². The molecule has 2 unspecified atom stereocenters. The van der Waals surface area contributed by atoms with Gasteiger partial charge in [-0.3, -0.25) is 4.79 Å². The molecule has 1 aliphatic rings. The van der Waals surface area contributed by atoms with Crippen LogP contribution in [0, 0.1) is 5.41 Å². The van der Waals surface area contributed by atoms with Gasteiger partial charge in [0, 0.05) is 0 Å². The molecule has 0 aliphatic heterocycles. The highest BCUT2D eigenvalue weighted by molar-refractivity contribution is 5.76. The molecule has 3 heteroatoms. The number of ether oxygens (including phenoxy) is 1. The van der Waals surface area contributed by atoms with Crippen LogP contribution in [0.3, 0.4) is 0 Å². The zero-order valence-electron chi connectivity index (χ0n) is 9.53. The molecule has 0 saturated carbocycles. The Hall–Kier alpha value is -0.830. The summed E-state index contributed by atoms with van der Waals surface area (Å²) in [5.41, 5.74) is -0.388. The molecule has 0 bridgehead atoms. The van der Waals surface area contributed by atoms with E-state index in [0.29, 0.717) is 12.8 Å². The van der Waals surface area contributed by atoms with Crippen LogP contribution in [0.2, 0.25) is 0 Å². The summed E-state index contributed by atoms with van der Waals surface area (Å²) in [5, 5.41) is 9.56. The van der Waals surface area contributed by atoms with Crippen LogP contribution >= 0.6 is 0 Å². The smallest absolute Gasteiger partial charge is 0.311 e. The maximum atomic E-state index is 11.8. The lowest BCUT2D eigenvalue weighted by Crippen LogP contribution is -2.33. The predicted octanol–water partition coefficient (Wildman–Crippen LogP) is 2.05. The van der Waals surface area contributed by atoms with E-state index in [1.54, 1.807) is 0 Å². The van der Waals surface area contributed by atoms with Crippen molar-refractivity contribution in [2.24, 2.45) is 5.41 Å². The van der Waals surface area contributed by atoms with Crippen molar-refractivity contribution in [3.05, 3.63) is 12.2 Å². The molecule has 0 amide bonds. The Kier molecular flexibility index (Phi) is 4.33. The van der Waals surface area contributed by atoms with Gasteiger partial charge < -0.3 is 9.84 Å². The summed E-state index contributed by atoms with van der Waals surface area (Å²) in [6.45, 7) is 2.01. The lowest BCUT2D eigenvalue weighted by Gasteiger charge is -2.31. The standard InChI is InChI=1S/C12H20O3/c1-3-12(11(14)15-2)8-5-4-6-10(13)7-9-12/h4,6,10,13H,3,5,7-9H2,1-2H3/b6-4-. The molecule has 3 nitrogen and oxygen atoms in total. The molecule has 0 aromatic heterocycles. The van der Waals surface area contributed by atoms with Gasteiger partial charge in [-0.25, -0.2) is 0 Å². The average molecular weight is 212 g/mol. The van der Waals surface area contributed by atoms with Crippen LogP contribution in [0.5, 0.6) is 0 Å². The number of aliphatic hydroxyl groups is 1. The first-order chi connectivity index (χ1) is 7.14. The third-order valence-corrected chi connectivity index (χ3v) is 3.36. The SMILES string of the molecule is CCC1(C(=O)OC)CC/C=C\C(O)CC1. The quantitative estimate of drug-likeness (QED) is 0.563. The van der Waals surface area contributed by atoms with Gasteiger partial charge in [0.15, 0.2) is 0 Å². The molecule has 0 aromatic rings. The number of carbonyl (C=O) groups is 1. The maximum absolute atomic E-state index is 11.8. The molecule has 15 heavy (non-hydrogen) atoms. The van der Waals surface area contributed by atoms with Crippen LogP contribution in [0.1, 0.15) is 39.0 Å². The molecule has 86 valence electrons. The average Bonchev–Trinajstić information content (AvgIpc) is 2.24. The number of hydrogen-bond donors (Lipinski definition) is 1. The number of esters is 1.